The summed E-state index contributed by atoms with van der Waals surface area (Å²) in [6.07, 6.45) is 1.67. The van der Waals surface area contributed by atoms with Gasteiger partial charge in [-0.15, -0.1) is 0 Å². The van der Waals surface area contributed by atoms with Gasteiger partial charge >= 0.3 is 5.97 Å². The summed E-state index contributed by atoms with van der Waals surface area (Å²) < 4.78 is 5.37. The molecule has 1 aromatic rings. The molecule has 4 heteroatoms. The van der Waals surface area contributed by atoms with E-state index in [0.29, 0.717) is 10.8 Å². The Kier molecular flexibility index (Phi) is 4.02. The molecule has 1 aliphatic heterocycles. The highest BCUT2D eigenvalue weighted by Gasteiger charge is 2.23. The third-order valence-corrected chi connectivity index (χ3v) is 3.28. The smallest absolute Gasteiger partial charge is 0.314 e. The minimum Gasteiger partial charge on any atom is -0.425 e. The summed E-state index contributed by atoms with van der Waals surface area (Å²) in [5.74, 6) is 0.294. The van der Waals surface area contributed by atoms with Crippen LogP contribution < -0.4 is 10.1 Å². The van der Waals surface area contributed by atoms with Gasteiger partial charge in [-0.2, -0.15) is 0 Å². The van der Waals surface area contributed by atoms with Gasteiger partial charge in [-0.3, -0.25) is 4.79 Å². The van der Waals surface area contributed by atoms with Gasteiger partial charge in [0.15, 0.2) is 0 Å². The van der Waals surface area contributed by atoms with Gasteiger partial charge in [0.2, 0.25) is 0 Å². The zero-order chi connectivity index (χ0) is 12.3. The maximum atomic E-state index is 11.9. The fraction of sp³-hybridized carbons (Fsp3) is 0.462. The summed E-state index contributed by atoms with van der Waals surface area (Å²) >= 11 is 5.99. The maximum Gasteiger partial charge on any atom is 0.314 e. The van der Waals surface area contributed by atoms with E-state index >= 15 is 0 Å². The van der Waals surface area contributed by atoms with E-state index in [1.54, 1.807) is 12.1 Å². The zero-order valence-corrected chi connectivity index (χ0v) is 10.6. The van der Waals surface area contributed by atoms with Crippen LogP contribution in [0.25, 0.3) is 0 Å². The van der Waals surface area contributed by atoms with Crippen molar-refractivity contribution in [2.45, 2.75) is 19.8 Å². The second-order valence-electron chi connectivity index (χ2n) is 4.38. The summed E-state index contributed by atoms with van der Waals surface area (Å²) in [5.41, 5.74) is 1.03. The molecular formula is C13H16ClNO2. The van der Waals surface area contributed by atoms with E-state index in [2.05, 4.69) is 5.32 Å². The minimum absolute atomic E-state index is 0.00664. The standard InChI is InChI=1S/C13H16ClNO2/c1-9-2-3-11(14)12(8-9)17-13(16)10-4-6-15-7-5-10/h2-3,8,10,15H,4-7H2,1H3. The number of aryl methyl sites for hydroxylation is 1. The fourth-order valence-electron chi connectivity index (χ4n) is 1.94. The van der Waals surface area contributed by atoms with E-state index in [9.17, 15) is 4.79 Å². The van der Waals surface area contributed by atoms with Gasteiger partial charge in [-0.05, 0) is 50.6 Å². The van der Waals surface area contributed by atoms with E-state index in [4.69, 9.17) is 16.3 Å². The van der Waals surface area contributed by atoms with Crippen molar-refractivity contribution in [1.29, 1.82) is 0 Å². The number of nitrogens with one attached hydrogen (secondary N) is 1. The quantitative estimate of drug-likeness (QED) is 0.650. The molecule has 1 aliphatic rings. The number of hydrogen-bond donors (Lipinski definition) is 1. The van der Waals surface area contributed by atoms with Crippen LogP contribution in [0.4, 0.5) is 0 Å². The predicted molar refractivity (Wildman–Crippen MR) is 67.4 cm³/mol. The lowest BCUT2D eigenvalue weighted by molar-refractivity contribution is -0.139. The molecule has 0 aromatic heterocycles. The first kappa shape index (κ1) is 12.4. The highest BCUT2D eigenvalue weighted by Crippen LogP contribution is 2.27. The van der Waals surface area contributed by atoms with Gasteiger partial charge in [0.25, 0.3) is 0 Å². The molecule has 0 unspecified atom stereocenters. The molecule has 0 saturated carbocycles. The van der Waals surface area contributed by atoms with Gasteiger partial charge in [0, 0.05) is 0 Å². The third kappa shape index (κ3) is 3.20. The highest BCUT2D eigenvalue weighted by molar-refractivity contribution is 6.32. The number of piperidine rings is 1. The molecule has 0 spiro atoms. The van der Waals surface area contributed by atoms with Crippen LogP contribution in [-0.2, 0) is 4.79 Å². The second-order valence-corrected chi connectivity index (χ2v) is 4.79. The number of halogens is 1. The Morgan fingerprint density at radius 2 is 2.12 bits per heavy atom. The number of hydrogen-bond acceptors (Lipinski definition) is 3. The molecule has 0 amide bonds. The normalized spacial score (nSPS) is 16.8. The van der Waals surface area contributed by atoms with Crippen molar-refractivity contribution < 1.29 is 9.53 Å². The van der Waals surface area contributed by atoms with Crippen molar-refractivity contribution in [2.24, 2.45) is 5.92 Å². The molecule has 1 aromatic carbocycles. The summed E-state index contributed by atoms with van der Waals surface area (Å²) in [6, 6.07) is 5.44. The van der Waals surface area contributed by atoms with Crippen LogP contribution in [-0.4, -0.2) is 19.1 Å². The third-order valence-electron chi connectivity index (χ3n) is 2.97. The molecule has 2 rings (SSSR count). The zero-order valence-electron chi connectivity index (χ0n) is 9.83. The topological polar surface area (TPSA) is 38.3 Å². The average molecular weight is 254 g/mol. The van der Waals surface area contributed by atoms with Crippen molar-refractivity contribution in [1.82, 2.24) is 5.32 Å². The number of rotatable bonds is 2. The molecule has 0 bridgehead atoms. The monoisotopic (exact) mass is 253 g/mol. The van der Waals surface area contributed by atoms with Crippen LogP contribution in [0.3, 0.4) is 0 Å². The average Bonchev–Trinajstić information content (AvgIpc) is 2.35. The summed E-state index contributed by atoms with van der Waals surface area (Å²) in [7, 11) is 0. The number of carbonyl (C=O) groups is 1. The lowest BCUT2D eigenvalue weighted by Crippen LogP contribution is -2.33. The molecule has 1 N–H and O–H groups in total. The van der Waals surface area contributed by atoms with Gasteiger partial charge in [0.1, 0.15) is 5.75 Å². The SMILES string of the molecule is Cc1ccc(Cl)c(OC(=O)C2CCNCC2)c1. The highest BCUT2D eigenvalue weighted by atomic mass is 35.5. The Morgan fingerprint density at radius 1 is 1.41 bits per heavy atom. The lowest BCUT2D eigenvalue weighted by atomic mass is 9.98. The Labute approximate surface area is 106 Å². The van der Waals surface area contributed by atoms with Crippen LogP contribution in [0.1, 0.15) is 18.4 Å². The summed E-state index contributed by atoms with van der Waals surface area (Å²) in [4.78, 5) is 11.9. The van der Waals surface area contributed by atoms with E-state index in [1.165, 1.54) is 0 Å². The minimum atomic E-state index is -0.168. The molecular weight excluding hydrogens is 238 g/mol. The Morgan fingerprint density at radius 3 is 2.82 bits per heavy atom. The Hall–Kier alpha value is -1.06. The first-order valence-electron chi connectivity index (χ1n) is 5.85. The van der Waals surface area contributed by atoms with Crippen LogP contribution >= 0.6 is 11.6 Å². The molecule has 92 valence electrons. The lowest BCUT2D eigenvalue weighted by Gasteiger charge is -2.21. The number of ether oxygens (including phenoxy) is 1. The van der Waals surface area contributed by atoms with Gasteiger partial charge in [-0.1, -0.05) is 17.7 Å². The predicted octanol–water partition coefficient (Wildman–Crippen LogP) is 2.55. The Bertz CT molecular complexity index is 414. The molecule has 0 radical (unpaired) electrons. The number of esters is 1. The number of carbonyl (C=O) groups excluding carboxylic acids is 1. The van der Waals surface area contributed by atoms with E-state index < -0.39 is 0 Å². The van der Waals surface area contributed by atoms with Crippen LogP contribution in [0.5, 0.6) is 5.75 Å². The maximum absolute atomic E-state index is 11.9. The van der Waals surface area contributed by atoms with Crippen LogP contribution in [0, 0.1) is 12.8 Å². The second kappa shape index (κ2) is 5.52. The molecule has 1 saturated heterocycles. The van der Waals surface area contributed by atoms with Gasteiger partial charge in [-0.25, -0.2) is 0 Å². The number of benzene rings is 1. The van der Waals surface area contributed by atoms with E-state index in [-0.39, 0.29) is 11.9 Å². The first-order valence-corrected chi connectivity index (χ1v) is 6.23. The van der Waals surface area contributed by atoms with Crippen LogP contribution in [0.2, 0.25) is 5.02 Å². The molecule has 0 aliphatic carbocycles. The van der Waals surface area contributed by atoms with Crippen molar-refractivity contribution >= 4 is 17.6 Å². The van der Waals surface area contributed by atoms with Gasteiger partial charge in [0.05, 0.1) is 10.9 Å². The summed E-state index contributed by atoms with van der Waals surface area (Å²) in [6.45, 7) is 3.70. The fourth-order valence-corrected chi connectivity index (χ4v) is 2.09. The largest absolute Gasteiger partial charge is 0.425 e. The molecule has 1 fully saturated rings. The van der Waals surface area contributed by atoms with E-state index in [1.807, 2.05) is 13.0 Å². The molecule has 0 atom stereocenters. The molecule has 3 nitrogen and oxygen atoms in total. The summed E-state index contributed by atoms with van der Waals surface area (Å²) in [5, 5.41) is 3.70. The molecule has 1 heterocycles. The van der Waals surface area contributed by atoms with Crippen molar-refractivity contribution in [3.8, 4) is 5.75 Å². The van der Waals surface area contributed by atoms with Crippen molar-refractivity contribution in [3.63, 3.8) is 0 Å². The Balaban J connectivity index is 2.04. The van der Waals surface area contributed by atoms with E-state index in [0.717, 1.165) is 31.5 Å². The van der Waals surface area contributed by atoms with Gasteiger partial charge < -0.3 is 10.1 Å². The van der Waals surface area contributed by atoms with Crippen molar-refractivity contribution in [2.75, 3.05) is 13.1 Å². The van der Waals surface area contributed by atoms with Crippen LogP contribution in [0.15, 0.2) is 18.2 Å². The molecule has 17 heavy (non-hydrogen) atoms. The van der Waals surface area contributed by atoms with Crippen molar-refractivity contribution in [3.05, 3.63) is 28.8 Å². The first-order chi connectivity index (χ1) is 8.16.